The number of carboxylic acids is 1. The molecule has 0 unspecified atom stereocenters. The van der Waals surface area contributed by atoms with Crippen molar-refractivity contribution in [2.75, 3.05) is 13.1 Å². The number of aliphatic carboxylic acids is 1. The van der Waals surface area contributed by atoms with Gasteiger partial charge in [0.05, 0.1) is 12.8 Å². The van der Waals surface area contributed by atoms with Gasteiger partial charge in [-0.15, -0.1) is 0 Å². The quantitative estimate of drug-likeness (QED) is 0.332. The number of carbonyl (C=O) groups excluding carboxylic acids is 2. The Kier molecular flexibility index (Phi) is 6.68. The van der Waals surface area contributed by atoms with Gasteiger partial charge in [0.15, 0.2) is 0 Å². The van der Waals surface area contributed by atoms with Crippen molar-refractivity contribution in [3.63, 3.8) is 0 Å². The lowest BCUT2D eigenvalue weighted by molar-refractivity contribution is -0.137. The Balaban J connectivity index is 1.59. The SMILES string of the molecule is Cc1c(CCC(=O)NCC(=O)NCC(=O)O)c(=O)oc2c(C)c3occ(-c4ccccc4)c3cc12. The number of carbonyl (C=O) groups is 3. The molecule has 0 bridgehead atoms. The zero-order chi connectivity index (χ0) is 25.1. The van der Waals surface area contributed by atoms with E-state index in [4.69, 9.17) is 13.9 Å². The first-order valence-corrected chi connectivity index (χ1v) is 11.0. The molecular formula is C26H24N2O7. The molecule has 0 spiro atoms. The highest BCUT2D eigenvalue weighted by atomic mass is 16.4. The third-order valence-corrected chi connectivity index (χ3v) is 5.91. The molecule has 0 aliphatic rings. The van der Waals surface area contributed by atoms with Crippen molar-refractivity contribution < 1.29 is 28.3 Å². The van der Waals surface area contributed by atoms with E-state index in [1.807, 2.05) is 50.2 Å². The second-order valence-electron chi connectivity index (χ2n) is 8.21. The summed E-state index contributed by atoms with van der Waals surface area (Å²) in [6, 6.07) is 11.8. The van der Waals surface area contributed by atoms with Crippen LogP contribution >= 0.6 is 0 Å². The Labute approximate surface area is 199 Å². The number of aryl methyl sites for hydroxylation is 2. The van der Waals surface area contributed by atoms with Crippen molar-refractivity contribution in [1.82, 2.24) is 10.6 Å². The highest BCUT2D eigenvalue weighted by Crippen LogP contribution is 2.37. The van der Waals surface area contributed by atoms with E-state index in [0.29, 0.717) is 22.3 Å². The molecule has 0 fully saturated rings. The number of nitrogens with one attached hydrogen (secondary N) is 2. The molecule has 2 aromatic heterocycles. The smallest absolute Gasteiger partial charge is 0.339 e. The summed E-state index contributed by atoms with van der Waals surface area (Å²) in [5.41, 5.74) is 4.31. The lowest BCUT2D eigenvalue weighted by atomic mass is 9.97. The largest absolute Gasteiger partial charge is 0.480 e. The molecule has 180 valence electrons. The van der Waals surface area contributed by atoms with Gasteiger partial charge in [-0.1, -0.05) is 30.3 Å². The van der Waals surface area contributed by atoms with Gasteiger partial charge in [0.25, 0.3) is 0 Å². The number of amides is 2. The molecule has 0 atom stereocenters. The first-order valence-electron chi connectivity index (χ1n) is 11.0. The van der Waals surface area contributed by atoms with Crippen LogP contribution in [0.25, 0.3) is 33.1 Å². The van der Waals surface area contributed by atoms with Crippen LogP contribution in [0.1, 0.15) is 23.1 Å². The summed E-state index contributed by atoms with van der Waals surface area (Å²) < 4.78 is 11.5. The molecule has 35 heavy (non-hydrogen) atoms. The molecule has 2 aromatic carbocycles. The van der Waals surface area contributed by atoms with Crippen LogP contribution in [-0.2, 0) is 20.8 Å². The fourth-order valence-electron chi connectivity index (χ4n) is 4.07. The molecule has 9 nitrogen and oxygen atoms in total. The van der Waals surface area contributed by atoms with Gasteiger partial charge >= 0.3 is 11.6 Å². The molecule has 3 N–H and O–H groups in total. The van der Waals surface area contributed by atoms with Gasteiger partial charge in [-0.3, -0.25) is 14.4 Å². The van der Waals surface area contributed by atoms with Crippen LogP contribution in [0.5, 0.6) is 0 Å². The summed E-state index contributed by atoms with van der Waals surface area (Å²) in [5, 5.41) is 14.8. The van der Waals surface area contributed by atoms with E-state index in [1.165, 1.54) is 0 Å². The predicted molar refractivity (Wildman–Crippen MR) is 129 cm³/mol. The summed E-state index contributed by atoms with van der Waals surface area (Å²) >= 11 is 0. The van der Waals surface area contributed by atoms with Crippen LogP contribution in [0, 0.1) is 13.8 Å². The highest BCUT2D eigenvalue weighted by Gasteiger charge is 2.19. The summed E-state index contributed by atoms with van der Waals surface area (Å²) in [5.74, 6) is -2.24. The minimum atomic E-state index is -1.18. The number of fused-ring (bicyclic) bond motifs is 2. The predicted octanol–water partition coefficient (Wildman–Crippen LogP) is 3.07. The highest BCUT2D eigenvalue weighted by molar-refractivity contribution is 6.05. The van der Waals surface area contributed by atoms with E-state index < -0.39 is 30.0 Å². The van der Waals surface area contributed by atoms with Crippen molar-refractivity contribution in [2.24, 2.45) is 0 Å². The van der Waals surface area contributed by atoms with E-state index in [9.17, 15) is 19.2 Å². The van der Waals surface area contributed by atoms with Gasteiger partial charge in [-0.2, -0.15) is 0 Å². The fourth-order valence-corrected chi connectivity index (χ4v) is 4.07. The van der Waals surface area contributed by atoms with E-state index in [2.05, 4.69) is 10.6 Å². The fraction of sp³-hybridized carbons (Fsp3) is 0.231. The van der Waals surface area contributed by atoms with Crippen LogP contribution < -0.4 is 16.3 Å². The van der Waals surface area contributed by atoms with Crippen molar-refractivity contribution in [1.29, 1.82) is 0 Å². The molecule has 9 heteroatoms. The van der Waals surface area contributed by atoms with Crippen LogP contribution in [-0.4, -0.2) is 36.0 Å². The zero-order valence-electron chi connectivity index (χ0n) is 19.3. The lowest BCUT2D eigenvalue weighted by Gasteiger charge is -2.10. The molecule has 2 amide bonds. The molecule has 0 aliphatic heterocycles. The zero-order valence-corrected chi connectivity index (χ0v) is 19.3. The second kappa shape index (κ2) is 9.84. The number of hydrogen-bond acceptors (Lipinski definition) is 6. The maximum atomic E-state index is 12.7. The Morgan fingerprint density at radius 2 is 1.63 bits per heavy atom. The third kappa shape index (κ3) is 4.93. The first-order chi connectivity index (χ1) is 16.8. The summed E-state index contributed by atoms with van der Waals surface area (Å²) in [6.45, 7) is 2.78. The maximum absolute atomic E-state index is 12.7. The number of rotatable bonds is 8. The van der Waals surface area contributed by atoms with E-state index >= 15 is 0 Å². The standard InChI is InChI=1S/C26H24N2O7/c1-14-17(8-9-21(29)27-11-22(30)28-12-23(31)32)26(33)35-25-15(2)24-19(10-18(14)25)20(13-34-24)16-6-4-3-5-7-16/h3-7,10,13H,8-9,11-12H2,1-2H3,(H,27,29)(H,28,30)(H,31,32). The first kappa shape index (κ1) is 23.7. The molecule has 0 saturated heterocycles. The minimum absolute atomic E-state index is 0.0362. The Hall–Kier alpha value is -4.40. The molecule has 4 rings (SSSR count). The van der Waals surface area contributed by atoms with Crippen molar-refractivity contribution >= 4 is 39.7 Å². The lowest BCUT2D eigenvalue weighted by Crippen LogP contribution is -2.39. The average Bonchev–Trinajstić information content (AvgIpc) is 3.27. The number of hydrogen-bond donors (Lipinski definition) is 3. The normalized spacial score (nSPS) is 11.0. The van der Waals surface area contributed by atoms with Gasteiger partial charge in [0.2, 0.25) is 11.8 Å². The molecule has 4 aromatic rings. The van der Waals surface area contributed by atoms with Crippen LogP contribution in [0.4, 0.5) is 0 Å². The minimum Gasteiger partial charge on any atom is -0.480 e. The van der Waals surface area contributed by atoms with Gasteiger partial charge in [0, 0.05) is 33.9 Å². The number of furan rings is 1. The Morgan fingerprint density at radius 1 is 0.914 bits per heavy atom. The number of carboxylic acid groups (broad SMARTS) is 1. The maximum Gasteiger partial charge on any atom is 0.339 e. The Bertz CT molecular complexity index is 1500. The molecular weight excluding hydrogens is 452 g/mol. The molecule has 0 aliphatic carbocycles. The van der Waals surface area contributed by atoms with Crippen LogP contribution in [0.2, 0.25) is 0 Å². The topological polar surface area (TPSA) is 139 Å². The molecule has 0 saturated carbocycles. The van der Waals surface area contributed by atoms with Crippen molar-refractivity contribution in [3.05, 3.63) is 69.8 Å². The summed E-state index contributed by atoms with van der Waals surface area (Å²) in [6.07, 6.45) is 1.78. The molecule has 2 heterocycles. The number of benzene rings is 2. The van der Waals surface area contributed by atoms with E-state index in [0.717, 1.165) is 27.5 Å². The summed E-state index contributed by atoms with van der Waals surface area (Å²) in [4.78, 5) is 47.0. The van der Waals surface area contributed by atoms with Crippen molar-refractivity contribution in [2.45, 2.75) is 26.7 Å². The average molecular weight is 476 g/mol. The van der Waals surface area contributed by atoms with Gasteiger partial charge in [-0.05, 0) is 37.5 Å². The van der Waals surface area contributed by atoms with E-state index in [-0.39, 0.29) is 19.4 Å². The van der Waals surface area contributed by atoms with Crippen LogP contribution in [0.15, 0.2) is 56.3 Å². The van der Waals surface area contributed by atoms with Gasteiger partial charge in [0.1, 0.15) is 17.7 Å². The summed E-state index contributed by atoms with van der Waals surface area (Å²) in [7, 11) is 0. The second-order valence-corrected chi connectivity index (χ2v) is 8.21. The molecule has 0 radical (unpaired) electrons. The van der Waals surface area contributed by atoms with E-state index in [1.54, 1.807) is 6.26 Å². The Morgan fingerprint density at radius 3 is 2.34 bits per heavy atom. The van der Waals surface area contributed by atoms with Crippen molar-refractivity contribution in [3.8, 4) is 11.1 Å². The van der Waals surface area contributed by atoms with Crippen LogP contribution in [0.3, 0.4) is 0 Å². The van der Waals surface area contributed by atoms with Gasteiger partial charge < -0.3 is 24.6 Å². The third-order valence-electron chi connectivity index (χ3n) is 5.91. The monoisotopic (exact) mass is 476 g/mol. The van der Waals surface area contributed by atoms with Gasteiger partial charge in [-0.25, -0.2) is 4.79 Å².